The maximum Gasteiger partial charge on any atom is 0.119 e. The van der Waals surface area contributed by atoms with Gasteiger partial charge in [0.1, 0.15) is 5.75 Å². The van der Waals surface area contributed by atoms with E-state index in [0.29, 0.717) is 5.92 Å². The lowest BCUT2D eigenvalue weighted by atomic mass is 9.92. The first-order valence-electron chi connectivity index (χ1n) is 12.0. The highest BCUT2D eigenvalue weighted by Gasteiger charge is 2.09. The molecule has 3 aromatic rings. The van der Waals surface area contributed by atoms with Gasteiger partial charge in [0.05, 0.1) is 6.61 Å². The van der Waals surface area contributed by atoms with Gasteiger partial charge < -0.3 is 4.74 Å². The maximum atomic E-state index is 5.89. The molecular formula is C29H37NO. The first-order valence-corrected chi connectivity index (χ1v) is 12.0. The molecule has 0 aliphatic carbocycles. The molecule has 3 rings (SSSR count). The zero-order valence-electron chi connectivity index (χ0n) is 19.4. The third kappa shape index (κ3) is 6.95. The van der Waals surface area contributed by atoms with Crippen LogP contribution in [-0.4, -0.2) is 11.6 Å². The lowest BCUT2D eigenvalue weighted by Gasteiger charge is -2.14. The molecule has 31 heavy (non-hydrogen) atoms. The molecule has 1 atom stereocenters. The van der Waals surface area contributed by atoms with Gasteiger partial charge in [0.2, 0.25) is 0 Å². The molecule has 2 heteroatoms. The van der Waals surface area contributed by atoms with E-state index < -0.39 is 0 Å². The van der Waals surface area contributed by atoms with Crippen LogP contribution >= 0.6 is 0 Å². The smallest absolute Gasteiger partial charge is 0.119 e. The summed E-state index contributed by atoms with van der Waals surface area (Å²) < 4.78 is 5.89. The number of nitrogens with zero attached hydrogens (tertiary/aromatic N) is 1. The van der Waals surface area contributed by atoms with Crippen molar-refractivity contribution in [1.82, 2.24) is 4.98 Å². The second kappa shape index (κ2) is 12.3. The average Bonchev–Trinajstić information content (AvgIpc) is 2.82. The van der Waals surface area contributed by atoms with Crippen molar-refractivity contribution in [3.8, 4) is 16.9 Å². The summed E-state index contributed by atoms with van der Waals surface area (Å²) in [5.41, 5.74) is 6.22. The monoisotopic (exact) mass is 415 g/mol. The zero-order chi connectivity index (χ0) is 21.9. The van der Waals surface area contributed by atoms with Gasteiger partial charge in [-0.1, -0.05) is 95.3 Å². The Labute approximate surface area is 188 Å². The first-order chi connectivity index (χ1) is 15.2. The highest BCUT2D eigenvalue weighted by molar-refractivity contribution is 5.64. The SMILES string of the molecule is CCCCCCCOc1ccc(-c2ccc(C(C)c3ccc(CCC)nc3)cc2)cc1. The molecule has 0 radical (unpaired) electrons. The van der Waals surface area contributed by atoms with Crippen LogP contribution in [0.4, 0.5) is 0 Å². The van der Waals surface area contributed by atoms with Crippen molar-refractivity contribution >= 4 is 0 Å². The van der Waals surface area contributed by atoms with Gasteiger partial charge in [-0.05, 0) is 53.3 Å². The van der Waals surface area contributed by atoms with Crippen molar-refractivity contribution in [3.63, 3.8) is 0 Å². The normalized spacial score (nSPS) is 12.0. The highest BCUT2D eigenvalue weighted by Crippen LogP contribution is 2.28. The third-order valence-corrected chi connectivity index (χ3v) is 5.97. The van der Waals surface area contributed by atoms with Gasteiger partial charge in [-0.2, -0.15) is 0 Å². The van der Waals surface area contributed by atoms with Crippen molar-refractivity contribution in [1.29, 1.82) is 0 Å². The van der Waals surface area contributed by atoms with Crippen molar-refractivity contribution < 1.29 is 4.74 Å². The third-order valence-electron chi connectivity index (χ3n) is 5.97. The van der Waals surface area contributed by atoms with Crippen LogP contribution in [0.5, 0.6) is 5.75 Å². The van der Waals surface area contributed by atoms with E-state index in [2.05, 4.69) is 86.4 Å². The van der Waals surface area contributed by atoms with Crippen molar-refractivity contribution in [3.05, 3.63) is 83.7 Å². The molecule has 1 aromatic heterocycles. The van der Waals surface area contributed by atoms with Crippen molar-refractivity contribution in [2.24, 2.45) is 0 Å². The molecule has 0 N–H and O–H groups in total. The number of aromatic nitrogens is 1. The number of rotatable bonds is 12. The van der Waals surface area contributed by atoms with Crippen molar-refractivity contribution in [2.45, 2.75) is 71.6 Å². The molecule has 0 bridgehead atoms. The van der Waals surface area contributed by atoms with Gasteiger partial charge in [0.15, 0.2) is 0 Å². The highest BCUT2D eigenvalue weighted by atomic mass is 16.5. The fourth-order valence-corrected chi connectivity index (χ4v) is 3.89. The quantitative estimate of drug-likeness (QED) is 0.278. The second-order valence-corrected chi connectivity index (χ2v) is 8.46. The molecule has 0 saturated carbocycles. The Morgan fingerprint density at radius 1 is 0.710 bits per heavy atom. The Morgan fingerprint density at radius 2 is 1.35 bits per heavy atom. The van der Waals surface area contributed by atoms with E-state index in [9.17, 15) is 0 Å². The van der Waals surface area contributed by atoms with Crippen LogP contribution in [0, 0.1) is 0 Å². The summed E-state index contributed by atoms with van der Waals surface area (Å²) in [6, 6.07) is 21.8. The average molecular weight is 416 g/mol. The molecule has 1 heterocycles. The van der Waals surface area contributed by atoms with Crippen LogP contribution in [0.3, 0.4) is 0 Å². The molecule has 0 spiro atoms. The molecule has 0 fully saturated rings. The molecule has 164 valence electrons. The molecule has 0 saturated heterocycles. The van der Waals surface area contributed by atoms with Gasteiger partial charge >= 0.3 is 0 Å². The van der Waals surface area contributed by atoms with Crippen LogP contribution in [0.2, 0.25) is 0 Å². The van der Waals surface area contributed by atoms with E-state index in [1.54, 1.807) is 0 Å². The van der Waals surface area contributed by atoms with E-state index in [4.69, 9.17) is 4.74 Å². The van der Waals surface area contributed by atoms with Gasteiger partial charge in [-0.3, -0.25) is 4.98 Å². The number of hydrogen-bond donors (Lipinski definition) is 0. The van der Waals surface area contributed by atoms with Crippen LogP contribution in [0.25, 0.3) is 11.1 Å². The Morgan fingerprint density at radius 3 is 1.97 bits per heavy atom. The molecule has 2 nitrogen and oxygen atoms in total. The summed E-state index contributed by atoms with van der Waals surface area (Å²) in [6.07, 6.45) is 10.5. The summed E-state index contributed by atoms with van der Waals surface area (Å²) in [6.45, 7) is 7.50. The van der Waals surface area contributed by atoms with E-state index in [0.717, 1.165) is 31.6 Å². The van der Waals surface area contributed by atoms with Gasteiger partial charge in [0, 0.05) is 17.8 Å². The minimum atomic E-state index is 0.338. The minimum absolute atomic E-state index is 0.338. The lowest BCUT2D eigenvalue weighted by Crippen LogP contribution is -1.98. The number of aryl methyl sites for hydroxylation is 1. The Bertz CT molecular complexity index is 882. The molecule has 0 amide bonds. The summed E-state index contributed by atoms with van der Waals surface area (Å²) in [5.74, 6) is 1.30. The Kier molecular flexibility index (Phi) is 9.15. The second-order valence-electron chi connectivity index (χ2n) is 8.46. The fraction of sp³-hybridized carbons (Fsp3) is 0.414. The van der Waals surface area contributed by atoms with Gasteiger partial charge in [-0.15, -0.1) is 0 Å². The van der Waals surface area contributed by atoms with Gasteiger partial charge in [-0.25, -0.2) is 0 Å². The largest absolute Gasteiger partial charge is 0.494 e. The molecule has 0 aliphatic heterocycles. The van der Waals surface area contributed by atoms with Crippen molar-refractivity contribution in [2.75, 3.05) is 6.61 Å². The molecule has 2 aromatic carbocycles. The number of benzene rings is 2. The maximum absolute atomic E-state index is 5.89. The first kappa shape index (κ1) is 23.1. The molecule has 0 aliphatic rings. The predicted molar refractivity (Wildman–Crippen MR) is 132 cm³/mol. The van der Waals surface area contributed by atoms with Crippen LogP contribution in [0.15, 0.2) is 66.9 Å². The summed E-state index contributed by atoms with van der Waals surface area (Å²) >= 11 is 0. The number of unbranched alkanes of at least 4 members (excludes halogenated alkanes) is 4. The standard InChI is InChI=1S/C29H37NO/c1-4-6-7-8-9-21-31-29-19-16-26(17-20-29)25-13-11-24(12-14-25)23(3)27-15-18-28(10-5-2)30-22-27/h11-20,22-23H,4-10,21H2,1-3H3. The Hall–Kier alpha value is -2.61. The number of hydrogen-bond acceptors (Lipinski definition) is 2. The van der Waals surface area contributed by atoms with E-state index in [-0.39, 0.29) is 0 Å². The molecule has 1 unspecified atom stereocenters. The predicted octanol–water partition coefficient (Wildman–Crippen LogP) is 8.20. The van der Waals surface area contributed by atoms with Crippen LogP contribution < -0.4 is 4.74 Å². The summed E-state index contributed by atoms with van der Waals surface area (Å²) in [7, 11) is 0. The van der Waals surface area contributed by atoms with Gasteiger partial charge in [0.25, 0.3) is 0 Å². The fourth-order valence-electron chi connectivity index (χ4n) is 3.89. The summed E-state index contributed by atoms with van der Waals surface area (Å²) in [4.78, 5) is 4.62. The topological polar surface area (TPSA) is 22.1 Å². The molecular weight excluding hydrogens is 378 g/mol. The van der Waals surface area contributed by atoms with E-state index in [1.165, 1.54) is 53.6 Å². The minimum Gasteiger partial charge on any atom is -0.494 e. The van der Waals surface area contributed by atoms with Crippen LogP contribution in [-0.2, 0) is 6.42 Å². The lowest BCUT2D eigenvalue weighted by molar-refractivity contribution is 0.304. The summed E-state index contributed by atoms with van der Waals surface area (Å²) in [5, 5.41) is 0. The zero-order valence-corrected chi connectivity index (χ0v) is 19.4. The number of ether oxygens (including phenoxy) is 1. The Balaban J connectivity index is 1.55. The van der Waals surface area contributed by atoms with E-state index >= 15 is 0 Å². The van der Waals surface area contributed by atoms with Crippen LogP contribution in [0.1, 0.15) is 82.0 Å². The number of pyridine rings is 1. The van der Waals surface area contributed by atoms with E-state index in [1.807, 2.05) is 6.20 Å².